The van der Waals surface area contributed by atoms with Crippen molar-refractivity contribution in [3.05, 3.63) is 241 Å². The van der Waals surface area contributed by atoms with Gasteiger partial charge in [0.25, 0.3) is 0 Å². The van der Waals surface area contributed by atoms with Gasteiger partial charge in [0.05, 0.1) is 11.4 Å². The van der Waals surface area contributed by atoms with Crippen LogP contribution in [0.15, 0.2) is 227 Å². The number of anilines is 6. The molecule has 0 bridgehead atoms. The first-order valence-corrected chi connectivity index (χ1v) is 25.1. The molecule has 2 aromatic heterocycles. The summed E-state index contributed by atoms with van der Waals surface area (Å²) in [6, 6.07) is 79.4. The number of para-hydroxylation sites is 6. The number of rotatable bonds is 6. The molecule has 13 aromatic rings. The first-order chi connectivity index (χ1) is 35.2. The molecule has 0 saturated carbocycles. The second-order valence-corrected chi connectivity index (χ2v) is 20.8. The predicted octanol–water partition coefficient (Wildman–Crippen LogP) is 19.3. The summed E-state index contributed by atoms with van der Waals surface area (Å²) in [6.07, 6.45) is 0. The van der Waals surface area contributed by atoms with E-state index in [-0.39, 0.29) is 10.8 Å². The molecule has 4 nitrogen and oxygen atoms in total. The van der Waals surface area contributed by atoms with E-state index in [2.05, 4.69) is 244 Å². The lowest BCUT2D eigenvalue weighted by Crippen LogP contribution is -2.17. The second kappa shape index (κ2) is 14.8. The largest absolute Gasteiger partial charge is 0.454 e. The van der Waals surface area contributed by atoms with Crippen LogP contribution >= 0.6 is 0 Å². The molecule has 0 spiro atoms. The molecule has 0 fully saturated rings. The van der Waals surface area contributed by atoms with Gasteiger partial charge < -0.3 is 18.6 Å². The fraction of sp³-hybridized carbons (Fsp3) is 0.0882. The molecule has 0 N–H and O–H groups in total. The zero-order valence-electron chi connectivity index (χ0n) is 40.5. The van der Waals surface area contributed by atoms with E-state index in [0.717, 1.165) is 78.0 Å². The molecule has 2 aliphatic rings. The van der Waals surface area contributed by atoms with Crippen molar-refractivity contribution in [1.29, 1.82) is 0 Å². The highest BCUT2D eigenvalue weighted by molar-refractivity contribution is 6.12. The quantitative estimate of drug-likeness (QED) is 0.166. The average molecular weight is 925 g/mol. The van der Waals surface area contributed by atoms with E-state index in [1.807, 2.05) is 12.1 Å². The van der Waals surface area contributed by atoms with E-state index in [9.17, 15) is 0 Å². The van der Waals surface area contributed by atoms with Crippen molar-refractivity contribution in [2.24, 2.45) is 0 Å². The standard InChI is InChI=1S/C68H48N2O2/c1-67(2)57-39-56-52-34-30-42-38-46(70(44-19-9-6-10-20-44)60-26-16-24-54-50-22-12-14-28-62(50)72-66(54)60)32-36-48(42)64(52)68(3,4)58(56)40-55(57)51-33-29-41-37-45(31-35-47(41)63(51)67)69(43-17-7-5-8-18-43)59-25-15-23-53-49-21-11-13-27-61(49)71-65(53)59/h5-40H,1-4H3. The maximum atomic E-state index is 6.63. The van der Waals surface area contributed by atoms with E-state index >= 15 is 0 Å². The molecular weight excluding hydrogens is 877 g/mol. The highest BCUT2D eigenvalue weighted by Gasteiger charge is 2.43. The lowest BCUT2D eigenvalue weighted by atomic mass is 9.78. The molecule has 15 rings (SSSR count). The summed E-state index contributed by atoms with van der Waals surface area (Å²) in [6.45, 7) is 9.68. The summed E-state index contributed by atoms with van der Waals surface area (Å²) in [7, 11) is 0. The Bertz CT molecular complexity index is 4120. The number of hydrogen-bond acceptors (Lipinski definition) is 4. The van der Waals surface area contributed by atoms with Crippen LogP contribution in [0.25, 0.3) is 87.7 Å². The number of hydrogen-bond donors (Lipinski definition) is 0. The average Bonchev–Trinajstić information content (AvgIpc) is 4.12. The van der Waals surface area contributed by atoms with Crippen LogP contribution in [0.3, 0.4) is 0 Å². The molecule has 11 aromatic carbocycles. The zero-order valence-corrected chi connectivity index (χ0v) is 40.5. The lowest BCUT2D eigenvalue weighted by Gasteiger charge is -2.27. The SMILES string of the molecule is CC1(C)c2cc3c(cc2-c2ccc4cc(N(c5ccccc5)c5cccc6c5oc5ccccc56)ccc4c21)C(C)(C)c1c-3ccc2cc(N(c3ccccc3)c3cccc4c3oc3ccccc34)ccc12. The van der Waals surface area contributed by atoms with Crippen LogP contribution in [0.1, 0.15) is 49.9 Å². The van der Waals surface area contributed by atoms with Crippen LogP contribution in [0.5, 0.6) is 0 Å². The minimum absolute atomic E-state index is 0.234. The van der Waals surface area contributed by atoms with Gasteiger partial charge in [-0.15, -0.1) is 0 Å². The lowest BCUT2D eigenvalue weighted by molar-refractivity contribution is 0.657. The van der Waals surface area contributed by atoms with Gasteiger partial charge in [0, 0.05) is 55.1 Å². The monoisotopic (exact) mass is 924 g/mol. The minimum Gasteiger partial charge on any atom is -0.454 e. The normalized spacial score (nSPS) is 14.1. The fourth-order valence-corrected chi connectivity index (χ4v) is 12.9. The summed E-state index contributed by atoms with van der Waals surface area (Å²) in [5, 5.41) is 9.48. The van der Waals surface area contributed by atoms with Crippen LogP contribution in [0.2, 0.25) is 0 Å². The van der Waals surface area contributed by atoms with Gasteiger partial charge in [-0.25, -0.2) is 0 Å². The van der Waals surface area contributed by atoms with E-state index in [4.69, 9.17) is 8.83 Å². The van der Waals surface area contributed by atoms with Gasteiger partial charge in [0.2, 0.25) is 0 Å². The van der Waals surface area contributed by atoms with Crippen molar-refractivity contribution in [3.63, 3.8) is 0 Å². The molecule has 0 unspecified atom stereocenters. The fourth-order valence-electron chi connectivity index (χ4n) is 12.9. The maximum Gasteiger partial charge on any atom is 0.159 e. The Labute approximate surface area is 417 Å². The Kier molecular flexibility index (Phi) is 8.44. The van der Waals surface area contributed by atoms with Gasteiger partial charge in [-0.2, -0.15) is 0 Å². The molecule has 342 valence electrons. The predicted molar refractivity (Wildman–Crippen MR) is 301 cm³/mol. The molecule has 72 heavy (non-hydrogen) atoms. The summed E-state index contributed by atoms with van der Waals surface area (Å²) in [5.41, 5.74) is 20.3. The number of nitrogens with zero attached hydrogens (tertiary/aromatic N) is 2. The van der Waals surface area contributed by atoms with Gasteiger partial charge >= 0.3 is 0 Å². The van der Waals surface area contributed by atoms with Crippen LogP contribution in [-0.4, -0.2) is 0 Å². The van der Waals surface area contributed by atoms with Gasteiger partial charge in [-0.05, 0) is 151 Å². The topological polar surface area (TPSA) is 32.8 Å². The Hall–Kier alpha value is -8.86. The molecule has 2 aliphatic carbocycles. The van der Waals surface area contributed by atoms with Gasteiger partial charge in [0.1, 0.15) is 11.2 Å². The molecule has 0 radical (unpaired) electrons. The molecule has 2 heterocycles. The van der Waals surface area contributed by atoms with Crippen molar-refractivity contribution < 1.29 is 8.83 Å². The Balaban J connectivity index is 0.830. The highest BCUT2D eigenvalue weighted by atomic mass is 16.3. The van der Waals surface area contributed by atoms with Crippen molar-refractivity contribution in [2.45, 2.75) is 38.5 Å². The number of fused-ring (bicyclic) bond motifs is 16. The third-order valence-corrected chi connectivity index (χ3v) is 16.1. The van der Waals surface area contributed by atoms with E-state index < -0.39 is 0 Å². The third kappa shape index (κ3) is 5.69. The van der Waals surface area contributed by atoms with Gasteiger partial charge in [0.15, 0.2) is 11.2 Å². The molecular formula is C68H48N2O2. The summed E-state index contributed by atoms with van der Waals surface area (Å²) in [5.74, 6) is 0. The van der Waals surface area contributed by atoms with Crippen molar-refractivity contribution in [3.8, 4) is 22.3 Å². The first-order valence-electron chi connectivity index (χ1n) is 25.1. The number of furan rings is 2. The van der Waals surface area contributed by atoms with E-state index in [1.54, 1.807) is 0 Å². The molecule has 0 saturated heterocycles. The van der Waals surface area contributed by atoms with Crippen molar-refractivity contribution >= 4 is 99.5 Å². The van der Waals surface area contributed by atoms with Crippen LogP contribution in [-0.2, 0) is 10.8 Å². The first kappa shape index (κ1) is 41.0. The molecule has 0 atom stereocenters. The molecule has 4 heteroatoms. The Morgan fingerprint density at radius 3 is 1.15 bits per heavy atom. The number of benzene rings is 11. The highest BCUT2D eigenvalue weighted by Crippen LogP contribution is 2.59. The maximum absolute atomic E-state index is 6.63. The van der Waals surface area contributed by atoms with Crippen LogP contribution in [0, 0.1) is 0 Å². The van der Waals surface area contributed by atoms with Gasteiger partial charge in [-0.1, -0.05) is 161 Å². The Morgan fingerprint density at radius 2 is 0.708 bits per heavy atom. The van der Waals surface area contributed by atoms with E-state index in [0.29, 0.717) is 0 Å². The molecule has 0 amide bonds. The zero-order chi connectivity index (χ0) is 48.0. The molecule has 0 aliphatic heterocycles. The smallest absolute Gasteiger partial charge is 0.159 e. The van der Waals surface area contributed by atoms with Crippen molar-refractivity contribution in [2.75, 3.05) is 9.80 Å². The third-order valence-electron chi connectivity index (χ3n) is 16.1. The summed E-state index contributed by atoms with van der Waals surface area (Å²) in [4.78, 5) is 4.68. The van der Waals surface area contributed by atoms with Gasteiger partial charge in [-0.3, -0.25) is 0 Å². The van der Waals surface area contributed by atoms with Crippen molar-refractivity contribution in [1.82, 2.24) is 0 Å². The van der Waals surface area contributed by atoms with Crippen LogP contribution < -0.4 is 9.80 Å². The Morgan fingerprint density at radius 1 is 0.306 bits per heavy atom. The van der Waals surface area contributed by atoms with Crippen LogP contribution in [0.4, 0.5) is 34.1 Å². The summed E-state index contributed by atoms with van der Waals surface area (Å²) < 4.78 is 13.3. The second-order valence-electron chi connectivity index (χ2n) is 20.8. The summed E-state index contributed by atoms with van der Waals surface area (Å²) >= 11 is 0. The van der Waals surface area contributed by atoms with E-state index in [1.165, 1.54) is 66.1 Å². The minimum atomic E-state index is -0.234.